The number of rotatable bonds is 10. The van der Waals surface area contributed by atoms with Crippen LogP contribution in [0.5, 0.6) is 0 Å². The molecule has 0 aromatic rings. The minimum Gasteiger partial charge on any atom is -0.303 e. The molecule has 0 aromatic carbocycles. The van der Waals surface area contributed by atoms with Crippen molar-refractivity contribution in [2.45, 2.75) is 58.8 Å². The first-order valence-electron chi connectivity index (χ1n) is 6.74. The summed E-state index contributed by atoms with van der Waals surface area (Å²) < 4.78 is 3.95. The lowest BCUT2D eigenvalue weighted by molar-refractivity contribution is 0.623. The topological polar surface area (TPSA) is 36.2 Å². The molecule has 0 fully saturated rings. The molecule has 18 heavy (non-hydrogen) atoms. The molecule has 1 unspecified atom stereocenters. The van der Waals surface area contributed by atoms with Crippen molar-refractivity contribution in [2.24, 2.45) is 4.76 Å². The van der Waals surface area contributed by atoms with Gasteiger partial charge in [0.2, 0.25) is 0 Å². The molecule has 2 nitrogen and oxygen atoms in total. The van der Waals surface area contributed by atoms with Crippen molar-refractivity contribution in [3.63, 3.8) is 0 Å². The highest BCUT2D eigenvalue weighted by Gasteiger charge is 2.00. The molecule has 102 valence electrons. The maximum absolute atomic E-state index is 7.75. The van der Waals surface area contributed by atoms with Crippen LogP contribution in [0.1, 0.15) is 58.8 Å². The van der Waals surface area contributed by atoms with Crippen LogP contribution in [-0.2, 0) is 0 Å². The van der Waals surface area contributed by atoms with Crippen molar-refractivity contribution >= 4 is 20.8 Å². The van der Waals surface area contributed by atoms with Gasteiger partial charge in [0.15, 0.2) is 0 Å². The molecule has 0 aliphatic carbocycles. The fourth-order valence-corrected chi connectivity index (χ4v) is 1.92. The lowest BCUT2D eigenvalue weighted by atomic mass is 10.0. The molecule has 1 N–H and O–H groups in total. The molecule has 0 heterocycles. The maximum Gasteiger partial charge on any atom is 0.0562 e. The van der Waals surface area contributed by atoms with Crippen LogP contribution in [0, 0.1) is 5.41 Å². The minimum atomic E-state index is 0.673. The third-order valence-corrected chi connectivity index (χ3v) is 3.34. The van der Waals surface area contributed by atoms with Gasteiger partial charge in [0.05, 0.1) is 11.4 Å². The van der Waals surface area contributed by atoms with E-state index < -0.39 is 0 Å². The van der Waals surface area contributed by atoms with E-state index in [1.807, 2.05) is 19.9 Å². The Hall–Kier alpha value is -0.750. The van der Waals surface area contributed by atoms with Crippen LogP contribution in [0.2, 0.25) is 0 Å². The van der Waals surface area contributed by atoms with E-state index in [1.165, 1.54) is 31.3 Å². The van der Waals surface area contributed by atoms with E-state index >= 15 is 0 Å². The highest BCUT2D eigenvalue weighted by Crippen LogP contribution is 2.12. The average molecular weight is 266 g/mol. The van der Waals surface area contributed by atoms with Crippen LogP contribution in [0.15, 0.2) is 29.1 Å². The highest BCUT2D eigenvalue weighted by atomic mass is 31.0. The van der Waals surface area contributed by atoms with Crippen LogP contribution in [0.3, 0.4) is 0 Å². The molecule has 0 aliphatic rings. The molecule has 0 radical (unpaired) electrons. The van der Waals surface area contributed by atoms with E-state index in [4.69, 9.17) is 5.41 Å². The molecule has 0 aromatic heterocycles. The second kappa shape index (κ2) is 11.3. The van der Waals surface area contributed by atoms with Gasteiger partial charge in [-0.15, -0.1) is 0 Å². The molecule has 0 spiro atoms. The number of unbranched alkanes of at least 4 members (excludes halogenated alkanes) is 4. The van der Waals surface area contributed by atoms with E-state index in [9.17, 15) is 0 Å². The van der Waals surface area contributed by atoms with Crippen molar-refractivity contribution < 1.29 is 0 Å². The zero-order chi connectivity index (χ0) is 13.8. The summed E-state index contributed by atoms with van der Waals surface area (Å²) in [6.07, 6.45) is 12.2. The maximum atomic E-state index is 7.75. The van der Waals surface area contributed by atoms with Gasteiger partial charge in [-0.05, 0) is 48.9 Å². The number of hydrogen-bond acceptors (Lipinski definition) is 2. The van der Waals surface area contributed by atoms with Gasteiger partial charge in [0.25, 0.3) is 0 Å². The van der Waals surface area contributed by atoms with Crippen molar-refractivity contribution in [3.05, 3.63) is 24.3 Å². The largest absolute Gasteiger partial charge is 0.303 e. The Morgan fingerprint density at radius 3 is 2.28 bits per heavy atom. The Balaban J connectivity index is 3.42. The zero-order valence-corrected chi connectivity index (χ0v) is 13.0. The van der Waals surface area contributed by atoms with Crippen LogP contribution in [0.25, 0.3) is 0 Å². The van der Waals surface area contributed by atoms with Gasteiger partial charge in [-0.25, -0.2) is 0 Å². The Kier molecular flexibility index (Phi) is 10.9. The summed E-state index contributed by atoms with van der Waals surface area (Å²) in [7, 11) is 2.31. The SMILES string of the molecule is C=C(C=CC)CCCCCCCC(=N)C(C)=NP. The molecular formula is C15H27N2P. The van der Waals surface area contributed by atoms with Crippen LogP contribution >= 0.6 is 9.39 Å². The third-order valence-electron chi connectivity index (χ3n) is 2.96. The van der Waals surface area contributed by atoms with Crippen LogP contribution in [-0.4, -0.2) is 11.4 Å². The number of hydrogen-bond donors (Lipinski definition) is 1. The highest BCUT2D eigenvalue weighted by molar-refractivity contribution is 7.15. The van der Waals surface area contributed by atoms with E-state index in [2.05, 4.69) is 26.8 Å². The summed E-state index contributed by atoms with van der Waals surface area (Å²) in [6, 6.07) is 0. The lowest BCUT2D eigenvalue weighted by Crippen LogP contribution is -2.07. The van der Waals surface area contributed by atoms with Crippen LogP contribution < -0.4 is 0 Å². The second-order valence-electron chi connectivity index (χ2n) is 4.62. The summed E-state index contributed by atoms with van der Waals surface area (Å²) in [4.78, 5) is 0. The number of nitrogens with zero attached hydrogens (tertiary/aromatic N) is 1. The average Bonchev–Trinajstić information content (AvgIpc) is 2.36. The third kappa shape index (κ3) is 9.30. The number of allylic oxidation sites excluding steroid dienone is 3. The van der Waals surface area contributed by atoms with E-state index in [0.29, 0.717) is 5.71 Å². The summed E-state index contributed by atoms with van der Waals surface area (Å²) in [5.41, 5.74) is 2.74. The van der Waals surface area contributed by atoms with Gasteiger partial charge in [-0.2, -0.15) is 0 Å². The van der Waals surface area contributed by atoms with Gasteiger partial charge in [0.1, 0.15) is 0 Å². The molecule has 0 amide bonds. The minimum absolute atomic E-state index is 0.673. The first-order valence-corrected chi connectivity index (χ1v) is 7.26. The molecule has 0 saturated heterocycles. The fourth-order valence-electron chi connectivity index (χ4n) is 1.76. The first kappa shape index (κ1) is 17.2. The quantitative estimate of drug-likeness (QED) is 0.246. The predicted molar refractivity (Wildman–Crippen MR) is 86.8 cm³/mol. The van der Waals surface area contributed by atoms with Gasteiger partial charge in [0, 0.05) is 0 Å². The van der Waals surface area contributed by atoms with Gasteiger partial charge < -0.3 is 5.41 Å². The molecule has 3 heteroatoms. The Morgan fingerprint density at radius 2 is 1.72 bits per heavy atom. The predicted octanol–water partition coefficient (Wildman–Crippen LogP) is 5.12. The monoisotopic (exact) mass is 266 g/mol. The normalized spacial score (nSPS) is 12.1. The molecular weight excluding hydrogens is 239 g/mol. The second-order valence-corrected chi connectivity index (χ2v) is 4.88. The zero-order valence-electron chi connectivity index (χ0n) is 11.8. The van der Waals surface area contributed by atoms with Gasteiger partial charge in [-0.3, -0.25) is 4.76 Å². The fraction of sp³-hybridized carbons (Fsp3) is 0.600. The van der Waals surface area contributed by atoms with Gasteiger partial charge in [-0.1, -0.05) is 43.6 Å². The summed E-state index contributed by atoms with van der Waals surface area (Å²) >= 11 is 0. The van der Waals surface area contributed by atoms with Crippen molar-refractivity contribution in [3.8, 4) is 0 Å². The van der Waals surface area contributed by atoms with E-state index in [0.717, 1.165) is 25.0 Å². The Labute approximate surface area is 114 Å². The van der Waals surface area contributed by atoms with Crippen molar-refractivity contribution in [1.29, 1.82) is 5.41 Å². The summed E-state index contributed by atoms with van der Waals surface area (Å²) in [5.74, 6) is 0. The molecule has 0 aliphatic heterocycles. The summed E-state index contributed by atoms with van der Waals surface area (Å²) in [6.45, 7) is 7.92. The molecule has 0 rings (SSSR count). The Bertz CT molecular complexity index is 316. The molecule has 1 atom stereocenters. The number of nitrogens with one attached hydrogen (secondary N) is 1. The van der Waals surface area contributed by atoms with Crippen molar-refractivity contribution in [1.82, 2.24) is 0 Å². The van der Waals surface area contributed by atoms with E-state index in [1.54, 1.807) is 0 Å². The molecule has 0 saturated carbocycles. The van der Waals surface area contributed by atoms with E-state index in [-0.39, 0.29) is 0 Å². The smallest absolute Gasteiger partial charge is 0.0562 e. The first-order chi connectivity index (χ1) is 8.61. The lowest BCUT2D eigenvalue weighted by Gasteiger charge is -2.03. The Morgan fingerprint density at radius 1 is 1.17 bits per heavy atom. The summed E-state index contributed by atoms with van der Waals surface area (Å²) in [5, 5.41) is 7.75. The van der Waals surface area contributed by atoms with Crippen molar-refractivity contribution in [2.75, 3.05) is 0 Å². The van der Waals surface area contributed by atoms with Gasteiger partial charge >= 0.3 is 0 Å². The standard InChI is InChI=1S/C15H27N2P/c1-4-10-13(2)11-8-6-5-7-9-12-15(16)14(3)17-18/h4,10,16H,2,5-9,11-12,18H2,1,3H3. The molecule has 0 bridgehead atoms. The van der Waals surface area contributed by atoms with Crippen LogP contribution in [0.4, 0.5) is 0 Å².